The second-order valence-electron chi connectivity index (χ2n) is 9.61. The molecule has 0 spiro atoms. The van der Waals surface area contributed by atoms with Crippen molar-refractivity contribution < 1.29 is 4.39 Å². The largest absolute Gasteiger partial charge is 0.313 e. The monoisotopic (exact) mass is 490 g/mol. The van der Waals surface area contributed by atoms with E-state index < -0.39 is 0 Å². The van der Waals surface area contributed by atoms with Crippen LogP contribution in [-0.4, -0.2) is 13.9 Å². The van der Waals surface area contributed by atoms with Crippen molar-refractivity contribution in [2.75, 3.05) is 0 Å². The zero-order valence-corrected chi connectivity index (χ0v) is 21.4. The number of hydrogen-bond acceptors (Lipinski definition) is 3. The third-order valence-corrected chi connectivity index (χ3v) is 8.46. The van der Waals surface area contributed by atoms with Crippen LogP contribution in [0.4, 0.5) is 10.1 Å². The Morgan fingerprint density at radius 2 is 1.74 bits per heavy atom. The second-order valence-corrected chi connectivity index (χ2v) is 10.4. The molecule has 0 bridgehead atoms. The summed E-state index contributed by atoms with van der Waals surface area (Å²) in [5.74, 6) is 0.737. The van der Waals surface area contributed by atoms with Gasteiger partial charge in [-0.05, 0) is 49.4 Å². The molecular formula is C28H31FN4OS. The molecule has 2 heterocycles. The van der Waals surface area contributed by atoms with E-state index in [1.807, 2.05) is 66.5 Å². The van der Waals surface area contributed by atoms with E-state index in [4.69, 9.17) is 4.99 Å². The predicted molar refractivity (Wildman–Crippen MR) is 140 cm³/mol. The SMILES string of the molecule is Cc1c(N=c2scc(-c3ccccc3F)n2C2CCCC(C)C2C)c(=O)n(-c2ccccc2)n1C. The van der Waals surface area contributed by atoms with E-state index >= 15 is 0 Å². The van der Waals surface area contributed by atoms with Gasteiger partial charge in [0.25, 0.3) is 5.56 Å². The van der Waals surface area contributed by atoms with E-state index in [1.165, 1.54) is 23.8 Å². The topological polar surface area (TPSA) is 44.2 Å². The number of halogens is 1. The van der Waals surface area contributed by atoms with Crippen LogP contribution in [0.2, 0.25) is 0 Å². The molecule has 7 heteroatoms. The van der Waals surface area contributed by atoms with Crippen LogP contribution in [-0.2, 0) is 7.05 Å². The first kappa shape index (κ1) is 23.5. The van der Waals surface area contributed by atoms with Crippen molar-refractivity contribution >= 4 is 17.0 Å². The van der Waals surface area contributed by atoms with Crippen LogP contribution in [0, 0.1) is 24.6 Å². The van der Waals surface area contributed by atoms with Crippen LogP contribution < -0.4 is 10.4 Å². The molecule has 0 radical (unpaired) electrons. The summed E-state index contributed by atoms with van der Waals surface area (Å²) in [7, 11) is 1.88. The summed E-state index contributed by atoms with van der Waals surface area (Å²) < 4.78 is 20.6. The number of thiazole rings is 1. The molecule has 1 saturated carbocycles. The third-order valence-electron chi connectivity index (χ3n) is 7.62. The number of hydrogen-bond donors (Lipinski definition) is 0. The molecule has 0 amide bonds. The molecule has 0 N–H and O–H groups in total. The van der Waals surface area contributed by atoms with Gasteiger partial charge in [0.15, 0.2) is 10.5 Å². The highest BCUT2D eigenvalue weighted by molar-refractivity contribution is 7.07. The predicted octanol–water partition coefficient (Wildman–Crippen LogP) is 6.38. The fourth-order valence-electron chi connectivity index (χ4n) is 5.28. The summed E-state index contributed by atoms with van der Waals surface area (Å²) in [5.41, 5.74) is 3.25. The first-order valence-electron chi connectivity index (χ1n) is 12.2. The van der Waals surface area contributed by atoms with Crippen molar-refractivity contribution in [1.29, 1.82) is 0 Å². The van der Waals surface area contributed by atoms with Gasteiger partial charge < -0.3 is 4.57 Å². The highest BCUT2D eigenvalue weighted by atomic mass is 32.1. The van der Waals surface area contributed by atoms with Gasteiger partial charge in [-0.3, -0.25) is 9.48 Å². The Labute approximate surface area is 208 Å². The van der Waals surface area contributed by atoms with E-state index in [2.05, 4.69) is 18.4 Å². The van der Waals surface area contributed by atoms with Gasteiger partial charge in [-0.15, -0.1) is 11.3 Å². The number of rotatable bonds is 4. The van der Waals surface area contributed by atoms with Crippen molar-refractivity contribution in [3.05, 3.63) is 86.6 Å². The maximum atomic E-state index is 14.9. The molecule has 0 aliphatic heterocycles. The Morgan fingerprint density at radius 1 is 1.03 bits per heavy atom. The summed E-state index contributed by atoms with van der Waals surface area (Å²) in [6, 6.07) is 16.7. The molecule has 4 aromatic rings. The van der Waals surface area contributed by atoms with Crippen molar-refractivity contribution in [2.24, 2.45) is 23.9 Å². The van der Waals surface area contributed by atoms with Gasteiger partial charge in [0, 0.05) is 24.0 Å². The van der Waals surface area contributed by atoms with Gasteiger partial charge in [-0.2, -0.15) is 0 Å². The highest BCUT2D eigenvalue weighted by Crippen LogP contribution is 2.40. The normalized spacial score (nSPS) is 20.9. The average Bonchev–Trinajstić information content (AvgIpc) is 3.36. The van der Waals surface area contributed by atoms with E-state index in [0.29, 0.717) is 23.1 Å². The fraction of sp³-hybridized carbons (Fsp3) is 0.357. The van der Waals surface area contributed by atoms with E-state index in [0.717, 1.165) is 34.7 Å². The molecule has 182 valence electrons. The smallest absolute Gasteiger partial charge is 0.297 e. The van der Waals surface area contributed by atoms with Gasteiger partial charge in [0.2, 0.25) is 0 Å². The maximum absolute atomic E-state index is 14.9. The molecule has 1 fully saturated rings. The Balaban J connectivity index is 1.74. The number of aromatic nitrogens is 3. The number of para-hydroxylation sites is 1. The molecule has 3 unspecified atom stereocenters. The maximum Gasteiger partial charge on any atom is 0.297 e. The molecule has 3 atom stereocenters. The van der Waals surface area contributed by atoms with Crippen molar-refractivity contribution in [3.8, 4) is 16.9 Å². The summed E-state index contributed by atoms with van der Waals surface area (Å²) in [6.07, 6.45) is 3.34. The van der Waals surface area contributed by atoms with Crippen LogP contribution >= 0.6 is 11.3 Å². The lowest BCUT2D eigenvalue weighted by Gasteiger charge is -2.36. The van der Waals surface area contributed by atoms with Gasteiger partial charge in [0.1, 0.15) is 5.82 Å². The summed E-state index contributed by atoms with van der Waals surface area (Å²) in [5, 5.41) is 1.98. The first-order valence-corrected chi connectivity index (χ1v) is 13.1. The number of benzene rings is 2. The van der Waals surface area contributed by atoms with Crippen LogP contribution in [0.15, 0.2) is 69.8 Å². The van der Waals surface area contributed by atoms with E-state index in [-0.39, 0.29) is 17.4 Å². The van der Waals surface area contributed by atoms with Crippen LogP contribution in [0.5, 0.6) is 0 Å². The van der Waals surface area contributed by atoms with Gasteiger partial charge >= 0.3 is 0 Å². The highest BCUT2D eigenvalue weighted by Gasteiger charge is 2.31. The lowest BCUT2D eigenvalue weighted by atomic mass is 9.78. The minimum atomic E-state index is -0.246. The van der Waals surface area contributed by atoms with Crippen molar-refractivity contribution in [1.82, 2.24) is 13.9 Å². The molecule has 5 rings (SSSR count). The van der Waals surface area contributed by atoms with Gasteiger partial charge in [0.05, 0.1) is 17.1 Å². The molecule has 2 aromatic heterocycles. The lowest BCUT2D eigenvalue weighted by Crippen LogP contribution is -2.32. The Hall–Kier alpha value is -3.19. The third kappa shape index (κ3) is 4.12. The molecule has 2 aromatic carbocycles. The van der Waals surface area contributed by atoms with Crippen LogP contribution in [0.1, 0.15) is 44.8 Å². The molecule has 0 saturated heterocycles. The van der Waals surface area contributed by atoms with Crippen molar-refractivity contribution in [3.63, 3.8) is 0 Å². The summed E-state index contributed by atoms with van der Waals surface area (Å²) >= 11 is 1.47. The average molecular weight is 491 g/mol. The molecule has 1 aliphatic rings. The minimum Gasteiger partial charge on any atom is -0.313 e. The van der Waals surface area contributed by atoms with Gasteiger partial charge in [-0.25, -0.2) is 14.1 Å². The van der Waals surface area contributed by atoms with Gasteiger partial charge in [-0.1, -0.05) is 57.0 Å². The molecule has 5 nitrogen and oxygen atoms in total. The summed E-state index contributed by atoms with van der Waals surface area (Å²) in [4.78, 5) is 19.2. The Bertz CT molecular complexity index is 1480. The standard InChI is InChI=1S/C28H31FN4OS/c1-18-11-10-16-24(19(18)2)32-25(22-14-8-9-15-23(22)29)17-35-28(32)30-26-20(3)31(4)33(27(26)34)21-12-6-5-7-13-21/h5-9,12-15,17-19,24H,10-11,16H2,1-4H3. The van der Waals surface area contributed by atoms with Crippen LogP contribution in [0.3, 0.4) is 0 Å². The molecule has 35 heavy (non-hydrogen) atoms. The number of nitrogens with zero attached hydrogens (tertiary/aromatic N) is 4. The first-order chi connectivity index (χ1) is 16.9. The fourth-order valence-corrected chi connectivity index (χ4v) is 6.23. The summed E-state index contributed by atoms with van der Waals surface area (Å²) in [6.45, 7) is 6.49. The molecule has 1 aliphatic carbocycles. The van der Waals surface area contributed by atoms with Crippen molar-refractivity contribution in [2.45, 2.75) is 46.1 Å². The van der Waals surface area contributed by atoms with Crippen LogP contribution in [0.25, 0.3) is 16.9 Å². The molecular weight excluding hydrogens is 459 g/mol. The zero-order valence-electron chi connectivity index (χ0n) is 20.6. The zero-order chi connectivity index (χ0) is 24.7. The Kier molecular flexibility index (Phi) is 6.36. The van der Waals surface area contributed by atoms with E-state index in [1.54, 1.807) is 10.7 Å². The quantitative estimate of drug-likeness (QED) is 0.327. The lowest BCUT2D eigenvalue weighted by molar-refractivity contribution is 0.185. The Morgan fingerprint density at radius 3 is 2.49 bits per heavy atom. The second kappa shape index (κ2) is 9.46. The van der Waals surface area contributed by atoms with E-state index in [9.17, 15) is 9.18 Å². The minimum absolute atomic E-state index is 0.159.